The van der Waals surface area contributed by atoms with Crippen molar-refractivity contribution in [3.05, 3.63) is 6.42 Å². The number of carbonyl (C=O) groups is 1. The number of rotatable bonds is 2. The van der Waals surface area contributed by atoms with Crippen LogP contribution < -0.4 is 5.32 Å². The van der Waals surface area contributed by atoms with Crippen molar-refractivity contribution in [1.82, 2.24) is 5.32 Å². The van der Waals surface area contributed by atoms with Crippen LogP contribution >= 0.6 is 0 Å². The van der Waals surface area contributed by atoms with E-state index in [2.05, 4.69) is 5.32 Å². The minimum Gasteiger partial charge on any atom is -0.460 e. The molecule has 0 amide bonds. The smallest absolute Gasteiger partial charge is 0.310 e. The Kier molecular flexibility index (Phi) is 3.93. The van der Waals surface area contributed by atoms with Crippen LogP contribution in [0.2, 0.25) is 0 Å². The second kappa shape index (κ2) is 4.78. The van der Waals surface area contributed by atoms with Gasteiger partial charge in [-0.15, -0.1) is 0 Å². The van der Waals surface area contributed by atoms with Crippen molar-refractivity contribution < 1.29 is 9.53 Å². The molecule has 14 heavy (non-hydrogen) atoms. The fraction of sp³-hybridized carbons (Fsp3) is 0.818. The lowest BCUT2D eigenvalue weighted by molar-refractivity contribution is -0.151. The van der Waals surface area contributed by atoms with E-state index in [0.717, 1.165) is 25.9 Å². The fourth-order valence-electron chi connectivity index (χ4n) is 1.54. The summed E-state index contributed by atoms with van der Waals surface area (Å²) >= 11 is 0. The third-order valence-corrected chi connectivity index (χ3v) is 2.16. The SMILES string of the molecule is CC(C)(C)OC(=O)[CH]C1CCNCC1. The van der Waals surface area contributed by atoms with Crippen molar-refractivity contribution in [2.75, 3.05) is 13.1 Å². The highest BCUT2D eigenvalue weighted by Gasteiger charge is 2.21. The van der Waals surface area contributed by atoms with E-state index in [1.54, 1.807) is 6.42 Å². The van der Waals surface area contributed by atoms with Gasteiger partial charge in [-0.3, -0.25) is 4.79 Å². The largest absolute Gasteiger partial charge is 0.460 e. The Morgan fingerprint density at radius 3 is 2.43 bits per heavy atom. The van der Waals surface area contributed by atoms with Gasteiger partial charge in [-0.05, 0) is 52.6 Å². The number of esters is 1. The summed E-state index contributed by atoms with van der Waals surface area (Å²) in [5.74, 6) is 0.218. The van der Waals surface area contributed by atoms with Gasteiger partial charge in [0.05, 0.1) is 6.42 Å². The van der Waals surface area contributed by atoms with E-state index in [4.69, 9.17) is 4.74 Å². The highest BCUT2D eigenvalue weighted by molar-refractivity contribution is 5.79. The molecule has 1 aliphatic rings. The lowest BCUT2D eigenvalue weighted by Crippen LogP contribution is -2.31. The first-order valence-electron chi connectivity index (χ1n) is 5.26. The Hall–Kier alpha value is -0.570. The molecule has 1 rings (SSSR count). The second-order valence-corrected chi connectivity index (χ2v) is 4.79. The zero-order valence-corrected chi connectivity index (χ0v) is 9.30. The van der Waals surface area contributed by atoms with Crippen molar-refractivity contribution in [3.8, 4) is 0 Å². The van der Waals surface area contributed by atoms with E-state index < -0.39 is 0 Å². The van der Waals surface area contributed by atoms with Crippen LogP contribution in [0.3, 0.4) is 0 Å². The molecular weight excluding hydrogens is 178 g/mol. The van der Waals surface area contributed by atoms with Crippen molar-refractivity contribution in [2.45, 2.75) is 39.2 Å². The summed E-state index contributed by atoms with van der Waals surface area (Å²) in [6.07, 6.45) is 3.81. The van der Waals surface area contributed by atoms with Crippen LogP contribution in [-0.2, 0) is 9.53 Å². The summed E-state index contributed by atoms with van der Waals surface area (Å²) in [6, 6.07) is 0. The molecule has 1 heterocycles. The van der Waals surface area contributed by atoms with Crippen LogP contribution in [0.4, 0.5) is 0 Å². The molecule has 0 aromatic rings. The molecule has 1 radical (unpaired) electrons. The Balaban J connectivity index is 2.25. The van der Waals surface area contributed by atoms with Gasteiger partial charge in [-0.25, -0.2) is 0 Å². The van der Waals surface area contributed by atoms with Gasteiger partial charge in [0.25, 0.3) is 0 Å². The average Bonchev–Trinajstić information content (AvgIpc) is 2.02. The normalized spacial score (nSPS) is 19.4. The number of hydrogen-bond acceptors (Lipinski definition) is 3. The van der Waals surface area contributed by atoms with Crippen molar-refractivity contribution in [3.63, 3.8) is 0 Å². The van der Waals surface area contributed by atoms with Crippen molar-refractivity contribution in [1.29, 1.82) is 0 Å². The first-order valence-corrected chi connectivity index (χ1v) is 5.26. The fourth-order valence-corrected chi connectivity index (χ4v) is 1.54. The first kappa shape index (κ1) is 11.5. The van der Waals surface area contributed by atoms with E-state index in [1.165, 1.54) is 0 Å². The second-order valence-electron chi connectivity index (χ2n) is 4.79. The molecule has 81 valence electrons. The maximum atomic E-state index is 11.4. The van der Waals surface area contributed by atoms with E-state index in [9.17, 15) is 4.79 Å². The zero-order valence-electron chi connectivity index (χ0n) is 9.30. The highest BCUT2D eigenvalue weighted by Crippen LogP contribution is 2.17. The van der Waals surface area contributed by atoms with Gasteiger partial charge in [0.2, 0.25) is 0 Å². The monoisotopic (exact) mass is 198 g/mol. The van der Waals surface area contributed by atoms with Crippen molar-refractivity contribution in [2.24, 2.45) is 5.92 Å². The van der Waals surface area contributed by atoms with Crippen LogP contribution in [0.15, 0.2) is 0 Å². The molecule has 0 unspecified atom stereocenters. The predicted octanol–water partition coefficient (Wildman–Crippen LogP) is 1.53. The number of piperidine rings is 1. The van der Waals surface area contributed by atoms with Gasteiger partial charge in [0.1, 0.15) is 5.60 Å². The Morgan fingerprint density at radius 1 is 1.36 bits per heavy atom. The predicted molar refractivity (Wildman–Crippen MR) is 55.7 cm³/mol. The molecule has 0 atom stereocenters. The Labute approximate surface area is 86.2 Å². The summed E-state index contributed by atoms with van der Waals surface area (Å²) in [6.45, 7) is 7.68. The zero-order chi connectivity index (χ0) is 10.6. The number of ether oxygens (including phenoxy) is 1. The molecule has 1 saturated heterocycles. The van der Waals surface area contributed by atoms with Crippen LogP contribution in [0.5, 0.6) is 0 Å². The molecule has 1 fully saturated rings. The molecule has 1 aliphatic heterocycles. The Bertz CT molecular complexity index is 190. The van der Waals surface area contributed by atoms with E-state index in [-0.39, 0.29) is 11.6 Å². The van der Waals surface area contributed by atoms with E-state index in [0.29, 0.717) is 5.92 Å². The Morgan fingerprint density at radius 2 is 1.93 bits per heavy atom. The lowest BCUT2D eigenvalue weighted by atomic mass is 9.95. The summed E-state index contributed by atoms with van der Waals surface area (Å²) in [4.78, 5) is 11.4. The molecule has 0 bridgehead atoms. The van der Waals surface area contributed by atoms with Crippen LogP contribution in [0, 0.1) is 12.3 Å². The van der Waals surface area contributed by atoms with Crippen LogP contribution in [-0.4, -0.2) is 24.7 Å². The standard InChI is InChI=1S/C11H20NO2/c1-11(2,3)14-10(13)8-9-4-6-12-7-5-9/h8-9,12H,4-7H2,1-3H3. The van der Waals surface area contributed by atoms with E-state index in [1.807, 2.05) is 20.8 Å². The molecule has 0 aliphatic carbocycles. The van der Waals surface area contributed by atoms with Gasteiger partial charge in [-0.2, -0.15) is 0 Å². The summed E-state index contributed by atoms with van der Waals surface area (Å²) in [7, 11) is 0. The third-order valence-electron chi connectivity index (χ3n) is 2.16. The quantitative estimate of drug-likeness (QED) is 0.684. The van der Waals surface area contributed by atoms with Gasteiger partial charge in [0, 0.05) is 0 Å². The van der Waals surface area contributed by atoms with Crippen molar-refractivity contribution >= 4 is 5.97 Å². The summed E-state index contributed by atoms with van der Waals surface area (Å²) < 4.78 is 5.23. The third kappa shape index (κ3) is 4.61. The molecule has 3 heteroatoms. The minimum atomic E-state index is -0.375. The minimum absolute atomic E-state index is 0.176. The van der Waals surface area contributed by atoms with Gasteiger partial charge < -0.3 is 10.1 Å². The van der Waals surface area contributed by atoms with Gasteiger partial charge >= 0.3 is 5.97 Å². The first-order chi connectivity index (χ1) is 6.47. The molecule has 3 nitrogen and oxygen atoms in total. The summed E-state index contributed by atoms with van der Waals surface area (Å²) in [5.41, 5.74) is -0.375. The highest BCUT2D eigenvalue weighted by atomic mass is 16.6. The maximum absolute atomic E-state index is 11.4. The maximum Gasteiger partial charge on any atom is 0.310 e. The molecule has 0 spiro atoms. The number of carbonyl (C=O) groups excluding carboxylic acids is 1. The van der Waals surface area contributed by atoms with Crippen LogP contribution in [0.25, 0.3) is 0 Å². The van der Waals surface area contributed by atoms with Crippen LogP contribution in [0.1, 0.15) is 33.6 Å². The number of hydrogen-bond donors (Lipinski definition) is 1. The van der Waals surface area contributed by atoms with E-state index >= 15 is 0 Å². The molecule has 1 N–H and O–H groups in total. The lowest BCUT2D eigenvalue weighted by Gasteiger charge is -2.24. The molecular formula is C11H20NO2. The molecule has 0 aromatic carbocycles. The van der Waals surface area contributed by atoms with Gasteiger partial charge in [-0.1, -0.05) is 0 Å². The topological polar surface area (TPSA) is 38.3 Å². The number of nitrogens with one attached hydrogen (secondary N) is 1. The molecule has 0 saturated carbocycles. The molecule has 0 aromatic heterocycles. The van der Waals surface area contributed by atoms with Gasteiger partial charge in [0.15, 0.2) is 0 Å². The average molecular weight is 198 g/mol. The summed E-state index contributed by atoms with van der Waals surface area (Å²) in [5, 5.41) is 3.26.